The fourth-order valence-corrected chi connectivity index (χ4v) is 1.95. The van der Waals surface area contributed by atoms with Crippen molar-refractivity contribution in [2.24, 2.45) is 0 Å². The van der Waals surface area contributed by atoms with E-state index in [1.165, 1.54) is 13.0 Å². The first-order valence-corrected chi connectivity index (χ1v) is 5.77. The van der Waals surface area contributed by atoms with E-state index in [-0.39, 0.29) is 0 Å². The summed E-state index contributed by atoms with van der Waals surface area (Å²) in [5.41, 5.74) is 0. The molecule has 108 valence electrons. The minimum Gasteiger partial charge on any atom is -0.426 e. The molecule has 0 aromatic heterocycles. The smallest absolute Gasteiger partial charge is 0.333 e. The van der Waals surface area contributed by atoms with E-state index in [0.717, 1.165) is 6.08 Å². The third-order valence-electron chi connectivity index (χ3n) is 3.02. The highest BCUT2D eigenvalue weighted by molar-refractivity contribution is 5.84. The van der Waals surface area contributed by atoms with Crippen LogP contribution in [0.3, 0.4) is 0 Å². The average Bonchev–Trinajstić information content (AvgIpc) is 2.70. The summed E-state index contributed by atoms with van der Waals surface area (Å²) in [6.07, 6.45) is -4.48. The van der Waals surface area contributed by atoms with Crippen LogP contribution in [0.25, 0.3) is 0 Å². The van der Waals surface area contributed by atoms with Gasteiger partial charge in [-0.05, 0) is 6.08 Å². The number of carbonyl (C=O) groups excluding carboxylic acids is 1. The zero-order chi connectivity index (χ0) is 14.2. The molecule has 4 N–H and O–H groups in total. The minimum atomic E-state index is -1.54. The monoisotopic (exact) mass is 276 g/mol. The lowest BCUT2D eigenvalue weighted by molar-refractivity contribution is -0.345. The van der Waals surface area contributed by atoms with E-state index in [1.54, 1.807) is 0 Å². The molecule has 1 fully saturated rings. The first kappa shape index (κ1) is 14.4. The first-order chi connectivity index (χ1) is 8.86. The fraction of sp³-hybridized carbons (Fsp3) is 0.727. The third kappa shape index (κ3) is 2.78. The molecule has 0 spiro atoms. The summed E-state index contributed by atoms with van der Waals surface area (Å²) >= 11 is 0. The Hall–Kier alpha value is -1.03. The maximum atomic E-state index is 11.0. The lowest BCUT2D eigenvalue weighted by Crippen LogP contribution is -2.60. The minimum absolute atomic E-state index is 0.558. The Labute approximate surface area is 108 Å². The van der Waals surface area contributed by atoms with Gasteiger partial charge < -0.3 is 34.6 Å². The molecule has 0 aromatic rings. The molecule has 8 nitrogen and oxygen atoms in total. The van der Waals surface area contributed by atoms with E-state index in [2.05, 4.69) is 0 Å². The van der Waals surface area contributed by atoms with Gasteiger partial charge in [-0.1, -0.05) is 0 Å². The van der Waals surface area contributed by atoms with Gasteiger partial charge >= 0.3 is 5.97 Å². The van der Waals surface area contributed by atoms with Crippen LogP contribution in [0.2, 0.25) is 0 Å². The van der Waals surface area contributed by atoms with Crippen molar-refractivity contribution >= 4 is 5.97 Å². The molecule has 2 aliphatic heterocycles. The Morgan fingerprint density at radius 2 is 2.00 bits per heavy atom. The molecule has 6 atom stereocenters. The molecule has 0 aromatic carbocycles. The Morgan fingerprint density at radius 1 is 1.32 bits per heavy atom. The summed E-state index contributed by atoms with van der Waals surface area (Å²) < 4.78 is 15.3. The first-order valence-electron chi connectivity index (χ1n) is 5.77. The number of aliphatic hydroxyl groups is 4. The molecule has 0 amide bonds. The Bertz CT molecular complexity index is 381. The van der Waals surface area contributed by atoms with E-state index < -0.39 is 49.1 Å². The second-order valence-electron chi connectivity index (χ2n) is 4.59. The van der Waals surface area contributed by atoms with Gasteiger partial charge in [-0.15, -0.1) is 0 Å². The number of aliphatic hydroxyl groups excluding tert-OH is 4. The molecule has 0 bridgehead atoms. The van der Waals surface area contributed by atoms with Crippen molar-refractivity contribution in [1.29, 1.82) is 0 Å². The van der Waals surface area contributed by atoms with Gasteiger partial charge in [0.1, 0.15) is 24.4 Å². The van der Waals surface area contributed by atoms with E-state index in [4.69, 9.17) is 19.3 Å². The van der Waals surface area contributed by atoms with E-state index in [1.807, 2.05) is 0 Å². The lowest BCUT2D eigenvalue weighted by atomic mass is 9.99. The van der Waals surface area contributed by atoms with Gasteiger partial charge in [0.15, 0.2) is 6.29 Å². The van der Waals surface area contributed by atoms with Crippen molar-refractivity contribution < 1.29 is 39.4 Å². The molecule has 2 rings (SSSR count). The molecule has 0 radical (unpaired) electrons. The van der Waals surface area contributed by atoms with Gasteiger partial charge in [-0.3, -0.25) is 0 Å². The van der Waals surface area contributed by atoms with Crippen LogP contribution in [0, 0.1) is 0 Å². The normalized spacial score (nSPS) is 46.4. The van der Waals surface area contributed by atoms with Gasteiger partial charge in [0, 0.05) is 13.0 Å². The maximum absolute atomic E-state index is 11.0. The number of esters is 1. The van der Waals surface area contributed by atoms with Crippen LogP contribution in [-0.4, -0.2) is 69.5 Å². The molecule has 6 unspecified atom stereocenters. The highest BCUT2D eigenvalue weighted by atomic mass is 16.8. The Kier molecular flexibility index (Phi) is 3.90. The van der Waals surface area contributed by atoms with Gasteiger partial charge in [-0.25, -0.2) is 4.79 Å². The van der Waals surface area contributed by atoms with Crippen LogP contribution in [0.5, 0.6) is 0 Å². The van der Waals surface area contributed by atoms with Crippen molar-refractivity contribution in [1.82, 2.24) is 0 Å². The van der Waals surface area contributed by atoms with Gasteiger partial charge in [0.2, 0.25) is 5.79 Å². The van der Waals surface area contributed by atoms with Crippen LogP contribution >= 0.6 is 0 Å². The van der Waals surface area contributed by atoms with Gasteiger partial charge in [0.25, 0.3) is 0 Å². The molecule has 0 aliphatic carbocycles. The highest BCUT2D eigenvalue weighted by Crippen LogP contribution is 2.29. The topological polar surface area (TPSA) is 126 Å². The molecular formula is C11H16O8. The zero-order valence-corrected chi connectivity index (χ0v) is 10.2. The molecule has 8 heteroatoms. The number of carbonyl (C=O) groups is 1. The summed E-state index contributed by atoms with van der Waals surface area (Å²) in [5.74, 6) is -2.03. The standard InChI is InChI=1S/C11H16O8/c1-11(3-2-6(13)18-11)19-10-9(16)8(15)7(14)5(4-12)17-10/h2-3,5,7-10,12,14-16H,4H2,1H3. The SMILES string of the molecule is CC1(OC2OC(CO)C(O)C(O)C2O)C=CC(=O)O1. The molecule has 2 heterocycles. The third-order valence-corrected chi connectivity index (χ3v) is 3.02. The summed E-state index contributed by atoms with van der Waals surface area (Å²) in [5, 5.41) is 37.9. The summed E-state index contributed by atoms with van der Waals surface area (Å²) in [7, 11) is 0. The van der Waals surface area contributed by atoms with Crippen LogP contribution < -0.4 is 0 Å². The maximum Gasteiger partial charge on any atom is 0.333 e. The molecular weight excluding hydrogens is 260 g/mol. The van der Waals surface area contributed by atoms with Crippen molar-refractivity contribution in [3.8, 4) is 0 Å². The average molecular weight is 276 g/mol. The highest BCUT2D eigenvalue weighted by Gasteiger charge is 2.47. The number of hydrogen-bond acceptors (Lipinski definition) is 8. The number of hydrogen-bond donors (Lipinski definition) is 4. The summed E-state index contributed by atoms with van der Waals surface area (Å²) in [6.45, 7) is 0.868. The predicted molar refractivity (Wildman–Crippen MR) is 58.5 cm³/mol. The van der Waals surface area contributed by atoms with E-state index in [9.17, 15) is 20.1 Å². The van der Waals surface area contributed by atoms with Crippen LogP contribution in [-0.2, 0) is 19.0 Å². The van der Waals surface area contributed by atoms with Crippen molar-refractivity contribution in [3.63, 3.8) is 0 Å². The largest absolute Gasteiger partial charge is 0.426 e. The second-order valence-corrected chi connectivity index (χ2v) is 4.59. The fourth-order valence-electron chi connectivity index (χ4n) is 1.95. The zero-order valence-electron chi connectivity index (χ0n) is 10.2. The van der Waals surface area contributed by atoms with Crippen molar-refractivity contribution in [3.05, 3.63) is 12.2 Å². The van der Waals surface area contributed by atoms with Crippen LogP contribution in [0.15, 0.2) is 12.2 Å². The quantitative estimate of drug-likeness (QED) is 0.421. The lowest BCUT2D eigenvalue weighted by Gasteiger charge is -2.41. The van der Waals surface area contributed by atoms with Gasteiger partial charge in [-0.2, -0.15) is 0 Å². The molecule has 0 saturated carbocycles. The van der Waals surface area contributed by atoms with Gasteiger partial charge in [0.05, 0.1) is 6.61 Å². The summed E-state index contributed by atoms with van der Waals surface area (Å²) in [6, 6.07) is 0. The van der Waals surface area contributed by atoms with E-state index >= 15 is 0 Å². The predicted octanol–water partition coefficient (Wildman–Crippen LogP) is -2.37. The Morgan fingerprint density at radius 3 is 2.53 bits per heavy atom. The molecule has 2 aliphatic rings. The van der Waals surface area contributed by atoms with Crippen LogP contribution in [0.4, 0.5) is 0 Å². The molecule has 19 heavy (non-hydrogen) atoms. The van der Waals surface area contributed by atoms with Crippen LogP contribution in [0.1, 0.15) is 6.92 Å². The summed E-state index contributed by atoms with van der Waals surface area (Å²) in [4.78, 5) is 11.0. The molecule has 1 saturated heterocycles. The van der Waals surface area contributed by atoms with E-state index in [0.29, 0.717) is 0 Å². The van der Waals surface area contributed by atoms with Crippen molar-refractivity contribution in [2.75, 3.05) is 6.61 Å². The second kappa shape index (κ2) is 5.16. The number of rotatable bonds is 3. The number of ether oxygens (including phenoxy) is 3. The Balaban J connectivity index is 2.07. The van der Waals surface area contributed by atoms with Crippen molar-refractivity contribution in [2.45, 2.75) is 43.4 Å². The number of cyclic esters (lactones) is 1.